The zero-order valence-electron chi connectivity index (χ0n) is 19.3. The van der Waals surface area contributed by atoms with Gasteiger partial charge in [-0.05, 0) is 42.7 Å². The number of benzene rings is 2. The van der Waals surface area contributed by atoms with E-state index in [-0.39, 0.29) is 17.7 Å². The van der Waals surface area contributed by atoms with Gasteiger partial charge in [0, 0.05) is 37.4 Å². The number of hydrogen-bond donors (Lipinski definition) is 0. The number of nitrogens with zero attached hydrogens (tertiary/aromatic N) is 2. The monoisotopic (exact) mass is 462 g/mol. The summed E-state index contributed by atoms with van der Waals surface area (Å²) < 4.78 is 17.3. The smallest absolute Gasteiger partial charge is 0.257 e. The number of carbonyl (C=O) groups excluding carboxylic acids is 2. The van der Waals surface area contributed by atoms with Gasteiger partial charge in [-0.1, -0.05) is 24.3 Å². The van der Waals surface area contributed by atoms with E-state index in [1.54, 1.807) is 6.26 Å². The van der Waals surface area contributed by atoms with Gasteiger partial charge >= 0.3 is 0 Å². The highest BCUT2D eigenvalue weighted by molar-refractivity contribution is 5.97. The van der Waals surface area contributed by atoms with Gasteiger partial charge in [-0.2, -0.15) is 0 Å². The molecule has 2 aliphatic rings. The molecule has 1 aromatic heterocycles. The summed E-state index contributed by atoms with van der Waals surface area (Å²) in [6, 6.07) is 15.6. The van der Waals surface area contributed by atoms with Crippen molar-refractivity contribution in [3.8, 4) is 5.75 Å². The Morgan fingerprint density at radius 2 is 2.03 bits per heavy atom. The molecule has 2 aromatic carbocycles. The first-order valence-corrected chi connectivity index (χ1v) is 12.0. The van der Waals surface area contributed by atoms with Crippen LogP contribution in [0.4, 0.5) is 0 Å². The number of furan rings is 1. The summed E-state index contributed by atoms with van der Waals surface area (Å²) in [6.45, 7) is 3.99. The van der Waals surface area contributed by atoms with Crippen LogP contribution in [-0.4, -0.2) is 67.6 Å². The predicted molar refractivity (Wildman–Crippen MR) is 128 cm³/mol. The summed E-state index contributed by atoms with van der Waals surface area (Å²) in [6.07, 6.45) is 4.03. The Hall–Kier alpha value is -3.32. The van der Waals surface area contributed by atoms with E-state index in [0.29, 0.717) is 57.2 Å². The maximum absolute atomic E-state index is 13.5. The first kappa shape index (κ1) is 22.5. The summed E-state index contributed by atoms with van der Waals surface area (Å²) in [5.41, 5.74) is 2.60. The molecule has 2 fully saturated rings. The molecular formula is C27H30N2O5. The highest BCUT2D eigenvalue weighted by Gasteiger charge is 2.26. The second kappa shape index (κ2) is 10.3. The average Bonchev–Trinajstić information content (AvgIpc) is 3.42. The van der Waals surface area contributed by atoms with Gasteiger partial charge in [-0.25, -0.2) is 0 Å². The normalized spacial score (nSPS) is 18.9. The number of fused-ring (bicyclic) bond motifs is 1. The molecule has 0 radical (unpaired) electrons. The third-order valence-corrected chi connectivity index (χ3v) is 6.58. The molecule has 34 heavy (non-hydrogen) atoms. The van der Waals surface area contributed by atoms with Crippen LogP contribution in [0.15, 0.2) is 59.2 Å². The molecule has 2 amide bonds. The summed E-state index contributed by atoms with van der Waals surface area (Å²) in [4.78, 5) is 29.0. The lowest BCUT2D eigenvalue weighted by Crippen LogP contribution is -2.36. The Morgan fingerprint density at radius 3 is 2.91 bits per heavy atom. The molecule has 0 bridgehead atoms. The third kappa shape index (κ3) is 5.09. The fourth-order valence-electron chi connectivity index (χ4n) is 4.79. The van der Waals surface area contributed by atoms with E-state index in [4.69, 9.17) is 13.9 Å². The molecule has 0 saturated carbocycles. The Bertz CT molecular complexity index is 1160. The number of para-hydroxylation sites is 1. The molecular weight excluding hydrogens is 432 g/mol. The van der Waals surface area contributed by atoms with Crippen molar-refractivity contribution < 1.29 is 23.5 Å². The van der Waals surface area contributed by atoms with E-state index in [1.165, 1.54) is 5.56 Å². The number of likely N-dealkylation sites (tertiary alicyclic amines) is 1. The summed E-state index contributed by atoms with van der Waals surface area (Å²) in [7, 11) is 0. The zero-order chi connectivity index (χ0) is 23.3. The van der Waals surface area contributed by atoms with Crippen molar-refractivity contribution in [2.75, 3.05) is 46.0 Å². The van der Waals surface area contributed by atoms with Crippen LogP contribution >= 0.6 is 0 Å². The lowest BCUT2D eigenvalue weighted by Gasteiger charge is -2.25. The van der Waals surface area contributed by atoms with Crippen LogP contribution in [-0.2, 0) is 16.0 Å². The third-order valence-electron chi connectivity index (χ3n) is 6.58. The number of carbonyl (C=O) groups is 2. The van der Waals surface area contributed by atoms with Crippen LogP contribution in [0.3, 0.4) is 0 Å². The second-order valence-corrected chi connectivity index (χ2v) is 9.02. The Balaban J connectivity index is 1.24. The molecule has 1 atom stereocenters. The van der Waals surface area contributed by atoms with Crippen molar-refractivity contribution in [2.45, 2.75) is 19.3 Å². The van der Waals surface area contributed by atoms with Gasteiger partial charge in [-0.3, -0.25) is 9.59 Å². The summed E-state index contributed by atoms with van der Waals surface area (Å²) in [5, 5.41) is 1.09. The topological polar surface area (TPSA) is 72.2 Å². The molecule has 0 spiro atoms. The predicted octanol–water partition coefficient (Wildman–Crippen LogP) is 3.77. The van der Waals surface area contributed by atoms with Crippen LogP contribution in [0.25, 0.3) is 11.0 Å². The van der Waals surface area contributed by atoms with Crippen molar-refractivity contribution in [3.63, 3.8) is 0 Å². The van der Waals surface area contributed by atoms with Crippen LogP contribution < -0.4 is 4.74 Å². The van der Waals surface area contributed by atoms with E-state index < -0.39 is 0 Å². The van der Waals surface area contributed by atoms with E-state index in [1.807, 2.05) is 40.1 Å². The SMILES string of the molecule is O=C1CCCN1CCOc1ccccc1C(=O)N1CCOCC(Cc2ccc3ccoc3c2)C1. The molecule has 7 heteroatoms. The quantitative estimate of drug-likeness (QED) is 0.535. The summed E-state index contributed by atoms with van der Waals surface area (Å²) in [5.74, 6) is 0.872. The lowest BCUT2D eigenvalue weighted by atomic mass is 9.98. The molecule has 0 aliphatic carbocycles. The standard InChI is InChI=1S/C27H30N2O5/c30-26-6-3-10-28(26)12-15-34-24-5-2-1-4-23(24)27(31)29-11-14-32-19-21(18-29)16-20-7-8-22-9-13-33-25(22)17-20/h1-2,4-5,7-9,13,17,21H,3,6,10-12,14-16,18-19H2. The molecule has 178 valence electrons. The Kier molecular flexibility index (Phi) is 6.81. The largest absolute Gasteiger partial charge is 0.491 e. The number of amides is 2. The first-order valence-electron chi connectivity index (χ1n) is 12.0. The van der Waals surface area contributed by atoms with Crippen LogP contribution in [0.5, 0.6) is 5.75 Å². The van der Waals surface area contributed by atoms with E-state index in [0.717, 1.165) is 30.4 Å². The van der Waals surface area contributed by atoms with Crippen LogP contribution in [0.1, 0.15) is 28.8 Å². The molecule has 3 aromatic rings. The van der Waals surface area contributed by atoms with E-state index >= 15 is 0 Å². The molecule has 7 nitrogen and oxygen atoms in total. The minimum Gasteiger partial charge on any atom is -0.491 e. The maximum atomic E-state index is 13.5. The minimum atomic E-state index is -0.0511. The number of ether oxygens (including phenoxy) is 2. The van der Waals surface area contributed by atoms with Gasteiger partial charge in [-0.15, -0.1) is 0 Å². The van der Waals surface area contributed by atoms with E-state index in [2.05, 4.69) is 18.2 Å². The molecule has 2 saturated heterocycles. The van der Waals surface area contributed by atoms with Gasteiger partial charge in [0.25, 0.3) is 5.91 Å². The molecule has 0 N–H and O–H groups in total. The zero-order valence-corrected chi connectivity index (χ0v) is 19.3. The van der Waals surface area contributed by atoms with Gasteiger partial charge < -0.3 is 23.7 Å². The van der Waals surface area contributed by atoms with Crippen LogP contribution in [0.2, 0.25) is 0 Å². The maximum Gasteiger partial charge on any atom is 0.257 e. The molecule has 2 aliphatic heterocycles. The highest BCUT2D eigenvalue weighted by Crippen LogP contribution is 2.24. The van der Waals surface area contributed by atoms with Gasteiger partial charge in [0.05, 0.1) is 31.6 Å². The first-order chi connectivity index (χ1) is 16.7. The van der Waals surface area contributed by atoms with Crippen LogP contribution in [0, 0.1) is 5.92 Å². The Labute approximate surface area is 199 Å². The average molecular weight is 463 g/mol. The molecule has 3 heterocycles. The van der Waals surface area contributed by atoms with Gasteiger partial charge in [0.15, 0.2) is 0 Å². The number of rotatable bonds is 7. The van der Waals surface area contributed by atoms with Crippen molar-refractivity contribution in [3.05, 3.63) is 65.9 Å². The van der Waals surface area contributed by atoms with Gasteiger partial charge in [0.1, 0.15) is 17.9 Å². The highest BCUT2D eigenvalue weighted by atomic mass is 16.5. The fraction of sp³-hybridized carbons (Fsp3) is 0.407. The van der Waals surface area contributed by atoms with E-state index in [9.17, 15) is 9.59 Å². The fourth-order valence-corrected chi connectivity index (χ4v) is 4.79. The van der Waals surface area contributed by atoms with Crippen molar-refractivity contribution in [2.24, 2.45) is 5.92 Å². The molecule has 1 unspecified atom stereocenters. The Morgan fingerprint density at radius 1 is 1.12 bits per heavy atom. The van der Waals surface area contributed by atoms with Crippen molar-refractivity contribution >= 4 is 22.8 Å². The summed E-state index contributed by atoms with van der Waals surface area (Å²) >= 11 is 0. The van der Waals surface area contributed by atoms with Crippen molar-refractivity contribution in [1.29, 1.82) is 0 Å². The van der Waals surface area contributed by atoms with Gasteiger partial charge in [0.2, 0.25) is 5.91 Å². The minimum absolute atomic E-state index is 0.0511. The lowest BCUT2D eigenvalue weighted by molar-refractivity contribution is -0.128. The van der Waals surface area contributed by atoms with Crippen molar-refractivity contribution in [1.82, 2.24) is 9.80 Å². The molecule has 5 rings (SSSR count). The number of hydrogen-bond acceptors (Lipinski definition) is 5. The second-order valence-electron chi connectivity index (χ2n) is 9.02.